The van der Waals surface area contributed by atoms with Crippen LogP contribution in [0.5, 0.6) is 0 Å². The Morgan fingerprint density at radius 2 is 2.25 bits per heavy atom. The van der Waals surface area contributed by atoms with Gasteiger partial charge in [0, 0.05) is 18.3 Å². The van der Waals surface area contributed by atoms with E-state index in [9.17, 15) is 9.59 Å². The average Bonchev–Trinajstić information content (AvgIpc) is 2.70. The van der Waals surface area contributed by atoms with Crippen molar-refractivity contribution >= 4 is 17.7 Å². The van der Waals surface area contributed by atoms with Crippen molar-refractivity contribution in [1.82, 2.24) is 20.1 Å². The minimum absolute atomic E-state index is 0.193. The first-order chi connectivity index (χ1) is 9.45. The van der Waals surface area contributed by atoms with Gasteiger partial charge in [-0.2, -0.15) is 0 Å². The van der Waals surface area contributed by atoms with Gasteiger partial charge in [0.15, 0.2) is 5.16 Å². The summed E-state index contributed by atoms with van der Waals surface area (Å²) in [5.74, 6) is 0.314. The summed E-state index contributed by atoms with van der Waals surface area (Å²) in [4.78, 5) is 22.9. The van der Waals surface area contributed by atoms with E-state index in [1.165, 1.54) is 11.8 Å². The molecule has 20 heavy (non-hydrogen) atoms. The van der Waals surface area contributed by atoms with E-state index in [1.807, 2.05) is 20.8 Å². The molecule has 1 amide bonds. The van der Waals surface area contributed by atoms with E-state index < -0.39 is 0 Å². The maximum atomic E-state index is 11.5. The smallest absolute Gasteiger partial charge is 0.343 e. The number of hydrogen-bond acceptors (Lipinski definition) is 5. The summed E-state index contributed by atoms with van der Waals surface area (Å²) in [6, 6.07) is -0.158. The molecule has 8 heteroatoms. The highest BCUT2D eigenvalue weighted by Gasteiger charge is 2.16. The highest BCUT2D eigenvalue weighted by Crippen LogP contribution is 2.15. The largest absolute Gasteiger partial charge is 0.368 e. The molecule has 0 aromatic carbocycles. The van der Waals surface area contributed by atoms with Gasteiger partial charge in [0.1, 0.15) is 0 Å². The van der Waals surface area contributed by atoms with Crippen molar-refractivity contribution in [1.29, 1.82) is 0 Å². The normalized spacial score (nSPS) is 12.8. The Labute approximate surface area is 122 Å². The van der Waals surface area contributed by atoms with E-state index in [-0.39, 0.29) is 23.7 Å². The Balaban J connectivity index is 2.54. The first kappa shape index (κ1) is 16.8. The number of H-pyrrole nitrogens is 1. The molecule has 1 aromatic rings. The third-order valence-corrected chi connectivity index (χ3v) is 3.70. The SMILES string of the molecule is CCCn1c(SCCC(NC(C)C)C(N)=O)n[nH]c1=O. The van der Waals surface area contributed by atoms with E-state index in [1.54, 1.807) is 4.57 Å². The summed E-state index contributed by atoms with van der Waals surface area (Å²) >= 11 is 1.45. The number of aromatic nitrogens is 3. The molecule has 1 unspecified atom stereocenters. The number of rotatable bonds is 9. The third-order valence-electron chi connectivity index (χ3n) is 2.69. The van der Waals surface area contributed by atoms with Crippen molar-refractivity contribution in [2.45, 2.75) is 57.4 Å². The molecule has 1 heterocycles. The fourth-order valence-electron chi connectivity index (χ4n) is 1.81. The molecule has 114 valence electrons. The van der Waals surface area contributed by atoms with Crippen molar-refractivity contribution in [2.24, 2.45) is 5.73 Å². The van der Waals surface area contributed by atoms with E-state index in [2.05, 4.69) is 15.5 Å². The van der Waals surface area contributed by atoms with Crippen molar-refractivity contribution in [3.8, 4) is 0 Å². The lowest BCUT2D eigenvalue weighted by Crippen LogP contribution is -2.44. The number of primary amides is 1. The Morgan fingerprint density at radius 1 is 1.55 bits per heavy atom. The third kappa shape index (κ3) is 5.01. The quantitative estimate of drug-likeness (QED) is 0.569. The Hall–Kier alpha value is -1.28. The zero-order chi connectivity index (χ0) is 15.1. The second-order valence-electron chi connectivity index (χ2n) is 4.88. The van der Waals surface area contributed by atoms with Crippen LogP contribution < -0.4 is 16.7 Å². The topological polar surface area (TPSA) is 106 Å². The van der Waals surface area contributed by atoms with Gasteiger partial charge >= 0.3 is 5.69 Å². The van der Waals surface area contributed by atoms with Crippen LogP contribution in [-0.2, 0) is 11.3 Å². The minimum atomic E-state index is -0.354. The van der Waals surface area contributed by atoms with Crippen molar-refractivity contribution in [3.05, 3.63) is 10.5 Å². The first-order valence-corrected chi connectivity index (χ1v) is 7.77. The van der Waals surface area contributed by atoms with Crippen molar-refractivity contribution in [2.75, 3.05) is 5.75 Å². The maximum absolute atomic E-state index is 11.5. The number of amides is 1. The number of thioether (sulfide) groups is 1. The van der Waals surface area contributed by atoms with Gasteiger partial charge in [-0.15, -0.1) is 5.10 Å². The molecule has 0 radical (unpaired) electrons. The van der Waals surface area contributed by atoms with Gasteiger partial charge in [-0.3, -0.25) is 9.36 Å². The molecule has 1 atom stereocenters. The number of nitrogens with two attached hydrogens (primary N) is 1. The molecule has 1 rings (SSSR count). The lowest BCUT2D eigenvalue weighted by atomic mass is 10.2. The van der Waals surface area contributed by atoms with Crippen LogP contribution in [0.25, 0.3) is 0 Å². The molecule has 1 aromatic heterocycles. The number of aromatic amines is 1. The van der Waals surface area contributed by atoms with Gasteiger partial charge in [-0.1, -0.05) is 32.5 Å². The molecule has 0 bridgehead atoms. The van der Waals surface area contributed by atoms with Crippen molar-refractivity contribution < 1.29 is 4.79 Å². The summed E-state index contributed by atoms with van der Waals surface area (Å²) in [5.41, 5.74) is 5.17. The molecular weight excluding hydrogens is 278 g/mol. The van der Waals surface area contributed by atoms with Crippen LogP contribution in [0.3, 0.4) is 0 Å². The minimum Gasteiger partial charge on any atom is -0.368 e. The molecule has 0 spiro atoms. The van der Waals surface area contributed by atoms with E-state index in [0.717, 1.165) is 6.42 Å². The van der Waals surface area contributed by atoms with Crippen molar-refractivity contribution in [3.63, 3.8) is 0 Å². The van der Waals surface area contributed by atoms with E-state index in [4.69, 9.17) is 5.73 Å². The summed E-state index contributed by atoms with van der Waals surface area (Å²) in [6.45, 7) is 6.58. The molecule has 7 nitrogen and oxygen atoms in total. The number of carbonyl (C=O) groups is 1. The van der Waals surface area contributed by atoms with Crippen LogP contribution in [0.4, 0.5) is 0 Å². The molecular formula is C12H23N5O2S. The molecule has 0 saturated carbocycles. The van der Waals surface area contributed by atoms with E-state index >= 15 is 0 Å². The molecule has 0 aliphatic carbocycles. The summed E-state index contributed by atoms with van der Waals surface area (Å²) in [7, 11) is 0. The highest BCUT2D eigenvalue weighted by molar-refractivity contribution is 7.99. The lowest BCUT2D eigenvalue weighted by Gasteiger charge is -2.17. The lowest BCUT2D eigenvalue weighted by molar-refractivity contribution is -0.120. The van der Waals surface area contributed by atoms with Gasteiger partial charge in [0.2, 0.25) is 5.91 Å². The maximum Gasteiger partial charge on any atom is 0.343 e. The number of nitrogens with one attached hydrogen (secondary N) is 2. The zero-order valence-electron chi connectivity index (χ0n) is 12.2. The Morgan fingerprint density at radius 3 is 2.80 bits per heavy atom. The number of nitrogens with zero attached hydrogens (tertiary/aromatic N) is 2. The van der Waals surface area contributed by atoms with Gasteiger partial charge in [-0.05, 0) is 12.8 Å². The fourth-order valence-corrected chi connectivity index (χ4v) is 2.79. The standard InChI is InChI=1S/C12H23N5O2S/c1-4-6-17-11(19)15-16-12(17)20-7-5-9(10(13)18)14-8(2)3/h8-9,14H,4-7H2,1-3H3,(H2,13,18)(H,15,19). The summed E-state index contributed by atoms with van der Waals surface area (Å²) in [5, 5.41) is 10.2. The van der Waals surface area contributed by atoms with Crippen LogP contribution in [0.2, 0.25) is 0 Å². The number of carbonyl (C=O) groups excluding carboxylic acids is 1. The van der Waals surface area contributed by atoms with Gasteiger partial charge in [-0.25, -0.2) is 9.89 Å². The molecule has 0 aliphatic rings. The summed E-state index contributed by atoms with van der Waals surface area (Å²) < 4.78 is 1.61. The predicted molar refractivity (Wildman–Crippen MR) is 79.7 cm³/mol. The second kappa shape index (κ2) is 8.11. The average molecular weight is 301 g/mol. The monoisotopic (exact) mass is 301 g/mol. The van der Waals surface area contributed by atoms with Crippen LogP contribution in [0.15, 0.2) is 9.95 Å². The number of hydrogen-bond donors (Lipinski definition) is 3. The Kier molecular flexibility index (Phi) is 6.80. The molecule has 0 aliphatic heterocycles. The van der Waals surface area contributed by atoms with Gasteiger partial charge < -0.3 is 11.1 Å². The van der Waals surface area contributed by atoms with Crippen LogP contribution in [0.1, 0.15) is 33.6 Å². The fraction of sp³-hybridized carbons (Fsp3) is 0.750. The molecule has 0 fully saturated rings. The van der Waals surface area contributed by atoms with Crippen LogP contribution >= 0.6 is 11.8 Å². The van der Waals surface area contributed by atoms with Crippen LogP contribution in [-0.4, -0.2) is 38.5 Å². The predicted octanol–water partition coefficient (Wildman–Crippen LogP) is 0.316. The Bertz CT molecular complexity index is 482. The summed E-state index contributed by atoms with van der Waals surface area (Å²) in [6.07, 6.45) is 1.47. The van der Waals surface area contributed by atoms with Gasteiger partial charge in [0.25, 0.3) is 0 Å². The first-order valence-electron chi connectivity index (χ1n) is 6.79. The zero-order valence-corrected chi connectivity index (χ0v) is 13.0. The highest BCUT2D eigenvalue weighted by atomic mass is 32.2. The van der Waals surface area contributed by atoms with E-state index in [0.29, 0.717) is 23.9 Å². The molecule has 4 N–H and O–H groups in total. The molecule has 0 saturated heterocycles. The van der Waals surface area contributed by atoms with Gasteiger partial charge in [0.05, 0.1) is 6.04 Å². The van der Waals surface area contributed by atoms with Crippen LogP contribution in [0, 0.1) is 0 Å². The second-order valence-corrected chi connectivity index (χ2v) is 5.94.